The van der Waals surface area contributed by atoms with Crippen molar-refractivity contribution in [1.82, 2.24) is 19.7 Å². The number of nitrogens with zero attached hydrogens (tertiary/aromatic N) is 5. The van der Waals surface area contributed by atoms with Gasteiger partial charge in [-0.25, -0.2) is 13.8 Å². The molecule has 2 aromatic heterocycles. The monoisotopic (exact) mass is 415 g/mol. The fraction of sp³-hybridized carbons (Fsp3) is 0.579. The van der Waals surface area contributed by atoms with Crippen LogP contribution in [0, 0.1) is 5.92 Å². The molecule has 10 heteroatoms. The first-order valence-electron chi connectivity index (χ1n) is 9.56. The van der Waals surface area contributed by atoms with E-state index < -0.39 is 18.2 Å². The molecule has 0 aliphatic carbocycles. The molecule has 0 radical (unpaired) electrons. The van der Waals surface area contributed by atoms with Crippen LogP contribution >= 0.6 is 0 Å². The molecule has 2 saturated heterocycles. The highest BCUT2D eigenvalue weighted by Gasteiger charge is 2.42. The van der Waals surface area contributed by atoms with Crippen LogP contribution in [0.25, 0.3) is 0 Å². The number of hydrogen-bond acceptors (Lipinski definition) is 4. The van der Waals surface area contributed by atoms with Crippen LogP contribution in [0.3, 0.4) is 0 Å². The second-order valence-electron chi connectivity index (χ2n) is 7.71. The molecule has 4 heterocycles. The number of aryl methyl sites for hydroxylation is 1. The van der Waals surface area contributed by atoms with Crippen molar-refractivity contribution in [2.75, 3.05) is 24.5 Å². The molecule has 0 bridgehead atoms. The number of rotatable bonds is 4. The summed E-state index contributed by atoms with van der Waals surface area (Å²) in [6, 6.07) is 2.33. The topological polar surface area (TPSA) is 37.2 Å². The highest BCUT2D eigenvalue weighted by atomic mass is 19.4. The Kier molecular flexibility index (Phi) is 5.22. The molecule has 158 valence electrons. The minimum absolute atomic E-state index is 0.00225. The molecule has 2 aliphatic rings. The molecule has 0 N–H and O–H groups in total. The van der Waals surface area contributed by atoms with Crippen LogP contribution in [0.2, 0.25) is 0 Å². The summed E-state index contributed by atoms with van der Waals surface area (Å²) in [7, 11) is 1.60. The van der Waals surface area contributed by atoms with Crippen LogP contribution in [0.5, 0.6) is 0 Å². The summed E-state index contributed by atoms with van der Waals surface area (Å²) in [4.78, 5) is 7.78. The van der Waals surface area contributed by atoms with Gasteiger partial charge in [0.2, 0.25) is 0 Å². The van der Waals surface area contributed by atoms with E-state index in [9.17, 15) is 22.0 Å². The number of anilines is 1. The van der Waals surface area contributed by atoms with Crippen molar-refractivity contribution in [2.24, 2.45) is 13.0 Å². The number of fused-ring (bicyclic) bond motifs is 1. The largest absolute Gasteiger partial charge is 0.419 e. The first kappa shape index (κ1) is 20.1. The first-order valence-corrected chi connectivity index (χ1v) is 9.56. The Balaban J connectivity index is 1.55. The van der Waals surface area contributed by atoms with Crippen molar-refractivity contribution in [3.63, 3.8) is 0 Å². The van der Waals surface area contributed by atoms with Crippen molar-refractivity contribution in [2.45, 2.75) is 38.0 Å². The summed E-state index contributed by atoms with van der Waals surface area (Å²) < 4.78 is 68.1. The number of aromatic nitrogens is 3. The van der Waals surface area contributed by atoms with E-state index in [1.807, 2.05) is 0 Å². The summed E-state index contributed by atoms with van der Waals surface area (Å²) in [5.41, 5.74) is -0.503. The SMILES string of the molecule is Cn1cc(CN2CCC3CCN(c4ncccc4C(F)(F)F)CC32)c(C(F)F)n1. The molecule has 0 aromatic carbocycles. The van der Waals surface area contributed by atoms with Crippen molar-refractivity contribution >= 4 is 5.82 Å². The number of hydrogen-bond donors (Lipinski definition) is 0. The van der Waals surface area contributed by atoms with Crippen molar-refractivity contribution in [1.29, 1.82) is 0 Å². The quantitative estimate of drug-likeness (QED) is 0.711. The molecule has 2 aliphatic heterocycles. The lowest BCUT2D eigenvalue weighted by atomic mass is 9.92. The van der Waals surface area contributed by atoms with Crippen LogP contribution in [0.4, 0.5) is 27.8 Å². The third-order valence-corrected chi connectivity index (χ3v) is 5.89. The van der Waals surface area contributed by atoms with Gasteiger partial charge in [0.25, 0.3) is 6.43 Å². The van der Waals surface area contributed by atoms with Gasteiger partial charge in [-0.3, -0.25) is 9.58 Å². The Hall–Kier alpha value is -2.23. The molecule has 29 heavy (non-hydrogen) atoms. The van der Waals surface area contributed by atoms with Gasteiger partial charge >= 0.3 is 6.18 Å². The van der Waals surface area contributed by atoms with Crippen LogP contribution < -0.4 is 4.90 Å². The molecule has 0 amide bonds. The van der Waals surface area contributed by atoms with Gasteiger partial charge in [0, 0.05) is 50.7 Å². The maximum Gasteiger partial charge on any atom is 0.419 e. The fourth-order valence-electron chi connectivity index (χ4n) is 4.57. The normalized spacial score (nSPS) is 23.1. The maximum atomic E-state index is 13.4. The van der Waals surface area contributed by atoms with Gasteiger partial charge in [0.05, 0.1) is 5.56 Å². The van der Waals surface area contributed by atoms with Crippen LogP contribution in [0.1, 0.15) is 36.1 Å². The minimum Gasteiger partial charge on any atom is -0.355 e. The highest BCUT2D eigenvalue weighted by Crippen LogP contribution is 2.39. The molecule has 4 rings (SSSR count). The second-order valence-corrected chi connectivity index (χ2v) is 7.71. The van der Waals surface area contributed by atoms with Gasteiger partial charge in [-0.05, 0) is 37.4 Å². The van der Waals surface area contributed by atoms with E-state index in [1.165, 1.54) is 16.9 Å². The molecule has 0 saturated carbocycles. The number of piperidine rings is 1. The third kappa shape index (κ3) is 3.94. The van der Waals surface area contributed by atoms with Crippen molar-refractivity contribution < 1.29 is 22.0 Å². The van der Waals surface area contributed by atoms with Crippen molar-refractivity contribution in [3.05, 3.63) is 41.3 Å². The molecular formula is C19H22F5N5. The maximum absolute atomic E-state index is 13.4. The lowest BCUT2D eigenvalue weighted by molar-refractivity contribution is -0.137. The highest BCUT2D eigenvalue weighted by molar-refractivity contribution is 5.49. The Morgan fingerprint density at radius 1 is 1.21 bits per heavy atom. The zero-order chi connectivity index (χ0) is 20.8. The minimum atomic E-state index is -4.47. The summed E-state index contributed by atoms with van der Waals surface area (Å²) >= 11 is 0. The van der Waals surface area contributed by atoms with E-state index in [1.54, 1.807) is 18.1 Å². The fourth-order valence-corrected chi connectivity index (χ4v) is 4.57. The Labute approximate surface area is 165 Å². The second kappa shape index (κ2) is 7.55. The van der Waals surface area contributed by atoms with E-state index in [-0.39, 0.29) is 17.6 Å². The first-order chi connectivity index (χ1) is 13.7. The Morgan fingerprint density at radius 3 is 2.69 bits per heavy atom. The van der Waals surface area contributed by atoms with Gasteiger partial charge in [0.1, 0.15) is 11.5 Å². The molecule has 5 nitrogen and oxygen atoms in total. The van der Waals surface area contributed by atoms with Gasteiger partial charge in [-0.15, -0.1) is 0 Å². The predicted molar refractivity (Wildman–Crippen MR) is 96.5 cm³/mol. The molecule has 2 aromatic rings. The summed E-state index contributed by atoms with van der Waals surface area (Å²) in [6.45, 7) is 1.95. The molecule has 0 spiro atoms. The molecular weight excluding hydrogens is 393 g/mol. The van der Waals surface area contributed by atoms with Gasteiger partial charge in [-0.1, -0.05) is 0 Å². The van der Waals surface area contributed by atoms with E-state index in [0.29, 0.717) is 31.1 Å². The van der Waals surface area contributed by atoms with E-state index in [4.69, 9.17) is 0 Å². The Bertz CT molecular complexity index is 865. The molecule has 2 fully saturated rings. The number of pyridine rings is 1. The van der Waals surface area contributed by atoms with Gasteiger partial charge < -0.3 is 4.90 Å². The third-order valence-electron chi connectivity index (χ3n) is 5.89. The van der Waals surface area contributed by atoms with E-state index in [2.05, 4.69) is 15.0 Å². The lowest BCUT2D eigenvalue weighted by Gasteiger charge is -2.39. The van der Waals surface area contributed by atoms with Gasteiger partial charge in [0.15, 0.2) is 0 Å². The van der Waals surface area contributed by atoms with Crippen LogP contribution in [-0.4, -0.2) is 45.3 Å². The van der Waals surface area contributed by atoms with Crippen LogP contribution in [-0.2, 0) is 19.8 Å². The zero-order valence-electron chi connectivity index (χ0n) is 15.9. The van der Waals surface area contributed by atoms with E-state index in [0.717, 1.165) is 25.5 Å². The summed E-state index contributed by atoms with van der Waals surface area (Å²) in [5.74, 6) is 0.288. The molecule has 2 unspecified atom stereocenters. The van der Waals surface area contributed by atoms with Crippen LogP contribution in [0.15, 0.2) is 24.5 Å². The van der Waals surface area contributed by atoms with E-state index >= 15 is 0 Å². The van der Waals surface area contributed by atoms with Crippen molar-refractivity contribution in [3.8, 4) is 0 Å². The average Bonchev–Trinajstić information content (AvgIpc) is 3.24. The predicted octanol–water partition coefficient (Wildman–Crippen LogP) is 3.87. The number of likely N-dealkylation sites (tertiary alicyclic amines) is 1. The van der Waals surface area contributed by atoms with Gasteiger partial charge in [-0.2, -0.15) is 18.3 Å². The Morgan fingerprint density at radius 2 is 1.97 bits per heavy atom. The number of alkyl halides is 5. The standard InChI is InChI=1S/C19H22F5N5/c1-27-9-13(16(26-27)17(20)21)10-28-7-4-12-5-8-29(11-15(12)28)18-14(19(22,23)24)3-2-6-25-18/h2-3,6,9,12,15,17H,4-5,7-8,10-11H2,1H3. The average molecular weight is 415 g/mol. The summed E-state index contributed by atoms with van der Waals surface area (Å²) in [6.07, 6.45) is -2.50. The summed E-state index contributed by atoms with van der Waals surface area (Å²) in [5, 5.41) is 3.85. The zero-order valence-corrected chi connectivity index (χ0v) is 15.9. The molecule has 2 atom stereocenters. The number of halogens is 5. The lowest BCUT2D eigenvalue weighted by Crippen LogP contribution is -2.48. The smallest absolute Gasteiger partial charge is 0.355 e.